The topological polar surface area (TPSA) is 111 Å². The molecule has 1 aliphatic heterocycles. The van der Waals surface area contributed by atoms with E-state index >= 15 is 0 Å². The maximum absolute atomic E-state index is 11.8. The van der Waals surface area contributed by atoms with Crippen LogP contribution in [0.15, 0.2) is 16.5 Å². The van der Waals surface area contributed by atoms with Crippen molar-refractivity contribution in [3.05, 3.63) is 23.7 Å². The van der Waals surface area contributed by atoms with Crippen molar-refractivity contribution >= 4 is 11.9 Å². The van der Waals surface area contributed by atoms with Gasteiger partial charge in [-0.1, -0.05) is 0 Å². The Hall–Kier alpha value is -1.86. The first-order valence-corrected chi connectivity index (χ1v) is 4.97. The third kappa shape index (κ3) is 2.15. The van der Waals surface area contributed by atoms with Gasteiger partial charge in [0.15, 0.2) is 5.76 Å². The molecule has 3 N–H and O–H groups in total. The van der Waals surface area contributed by atoms with E-state index in [0.29, 0.717) is 0 Å². The lowest BCUT2D eigenvalue weighted by atomic mass is 10.3. The Kier molecular flexibility index (Phi) is 2.86. The van der Waals surface area contributed by atoms with Gasteiger partial charge < -0.3 is 24.6 Å². The Morgan fingerprint density at radius 1 is 1.18 bits per heavy atom. The van der Waals surface area contributed by atoms with Gasteiger partial charge in [0.1, 0.15) is 0 Å². The quantitative estimate of drug-likeness (QED) is 0.622. The third-order valence-corrected chi connectivity index (χ3v) is 2.57. The van der Waals surface area contributed by atoms with Crippen LogP contribution in [0.2, 0.25) is 0 Å². The molecule has 17 heavy (non-hydrogen) atoms. The molecule has 1 saturated heterocycles. The van der Waals surface area contributed by atoms with Crippen molar-refractivity contribution in [1.29, 1.82) is 0 Å². The molecule has 7 heteroatoms. The lowest BCUT2D eigenvalue weighted by molar-refractivity contribution is 0.0572. The predicted octanol–water partition coefficient (Wildman–Crippen LogP) is -0.845. The molecule has 0 aromatic carbocycles. The molecule has 0 radical (unpaired) electrons. The van der Waals surface area contributed by atoms with Crippen LogP contribution in [0.4, 0.5) is 0 Å². The van der Waals surface area contributed by atoms with Crippen LogP contribution in [0.1, 0.15) is 21.1 Å². The van der Waals surface area contributed by atoms with E-state index in [1.54, 1.807) is 0 Å². The number of aliphatic hydroxyl groups is 2. The summed E-state index contributed by atoms with van der Waals surface area (Å²) < 4.78 is 4.84. The molecule has 7 nitrogen and oxygen atoms in total. The van der Waals surface area contributed by atoms with Crippen molar-refractivity contribution in [3.8, 4) is 0 Å². The van der Waals surface area contributed by atoms with Gasteiger partial charge in [0.05, 0.1) is 12.2 Å². The van der Waals surface area contributed by atoms with E-state index in [1.807, 2.05) is 0 Å². The Bertz CT molecular complexity index is 443. The number of nitrogens with zero attached hydrogens (tertiary/aromatic N) is 1. The minimum atomic E-state index is -1.26. The van der Waals surface area contributed by atoms with Crippen molar-refractivity contribution < 1.29 is 29.3 Å². The predicted molar refractivity (Wildman–Crippen MR) is 53.6 cm³/mol. The van der Waals surface area contributed by atoms with E-state index in [-0.39, 0.29) is 24.6 Å². The zero-order valence-corrected chi connectivity index (χ0v) is 8.74. The number of rotatable bonds is 2. The highest BCUT2D eigenvalue weighted by Crippen LogP contribution is 2.16. The van der Waals surface area contributed by atoms with Crippen molar-refractivity contribution in [3.63, 3.8) is 0 Å². The number of hydrogen-bond acceptors (Lipinski definition) is 5. The largest absolute Gasteiger partial charge is 0.475 e. The van der Waals surface area contributed by atoms with Crippen LogP contribution < -0.4 is 0 Å². The second kappa shape index (κ2) is 4.19. The van der Waals surface area contributed by atoms with E-state index in [9.17, 15) is 19.8 Å². The Balaban J connectivity index is 2.12. The summed E-state index contributed by atoms with van der Waals surface area (Å²) in [7, 11) is 0. The first-order chi connectivity index (χ1) is 7.99. The first kappa shape index (κ1) is 11.6. The molecule has 1 aliphatic rings. The van der Waals surface area contributed by atoms with Gasteiger partial charge in [-0.3, -0.25) is 4.79 Å². The number of likely N-dealkylation sites (tertiary alicyclic amines) is 1. The van der Waals surface area contributed by atoms with E-state index in [2.05, 4.69) is 0 Å². The summed E-state index contributed by atoms with van der Waals surface area (Å²) in [5.74, 6) is -2.25. The van der Waals surface area contributed by atoms with E-state index in [4.69, 9.17) is 9.52 Å². The minimum absolute atomic E-state index is 0.00308. The molecule has 2 unspecified atom stereocenters. The SMILES string of the molecule is O=C(O)c1ccc(C(=O)N2CC(O)C(O)C2)o1. The van der Waals surface area contributed by atoms with Gasteiger partial charge in [-0.2, -0.15) is 0 Å². The number of furan rings is 1. The van der Waals surface area contributed by atoms with Gasteiger partial charge >= 0.3 is 5.97 Å². The maximum atomic E-state index is 11.8. The molecular formula is C10H11NO6. The number of aromatic carboxylic acids is 1. The normalized spacial score (nSPS) is 24.0. The number of carbonyl (C=O) groups is 2. The Labute approximate surface area is 95.9 Å². The molecule has 0 bridgehead atoms. The summed E-state index contributed by atoms with van der Waals surface area (Å²) in [5.41, 5.74) is 0. The molecule has 2 rings (SSSR count). The fourth-order valence-electron chi connectivity index (χ4n) is 1.66. The standard InChI is InChI=1S/C10H11NO6/c12-5-3-11(4-6(5)13)9(14)7-1-2-8(17-7)10(15)16/h1-2,5-6,12-13H,3-4H2,(H,15,16). The summed E-state index contributed by atoms with van der Waals surface area (Å²) in [4.78, 5) is 23.6. The monoisotopic (exact) mass is 241 g/mol. The van der Waals surface area contributed by atoms with Gasteiger partial charge in [-0.15, -0.1) is 0 Å². The molecule has 0 saturated carbocycles. The smallest absolute Gasteiger partial charge is 0.371 e. The van der Waals surface area contributed by atoms with Gasteiger partial charge in [0, 0.05) is 13.1 Å². The molecule has 1 fully saturated rings. The molecular weight excluding hydrogens is 230 g/mol. The highest BCUT2D eigenvalue weighted by molar-refractivity contribution is 5.93. The van der Waals surface area contributed by atoms with Crippen LogP contribution in [0.25, 0.3) is 0 Å². The number of carboxylic acids is 1. The van der Waals surface area contributed by atoms with Gasteiger partial charge in [0.25, 0.3) is 5.91 Å². The van der Waals surface area contributed by atoms with Crippen molar-refractivity contribution in [2.45, 2.75) is 12.2 Å². The van der Waals surface area contributed by atoms with Crippen LogP contribution in [0, 0.1) is 0 Å². The summed E-state index contributed by atoms with van der Waals surface area (Å²) in [6, 6.07) is 2.43. The fraction of sp³-hybridized carbons (Fsp3) is 0.400. The second-order valence-corrected chi connectivity index (χ2v) is 3.81. The van der Waals surface area contributed by atoms with Gasteiger partial charge in [-0.05, 0) is 12.1 Å². The summed E-state index contributed by atoms with van der Waals surface area (Å²) in [6.45, 7) is 0.00616. The van der Waals surface area contributed by atoms with Gasteiger partial charge in [-0.25, -0.2) is 4.79 Å². The lowest BCUT2D eigenvalue weighted by Gasteiger charge is -2.12. The van der Waals surface area contributed by atoms with Crippen LogP contribution in [0.5, 0.6) is 0 Å². The number of β-amino-alcohol motifs (C(OH)–C–C–N with tert-alkyl or cyclic N) is 2. The molecule has 0 spiro atoms. The number of carbonyl (C=O) groups excluding carboxylic acids is 1. The second-order valence-electron chi connectivity index (χ2n) is 3.81. The Morgan fingerprint density at radius 2 is 1.71 bits per heavy atom. The minimum Gasteiger partial charge on any atom is -0.475 e. The number of hydrogen-bond donors (Lipinski definition) is 3. The van der Waals surface area contributed by atoms with Crippen molar-refractivity contribution in [1.82, 2.24) is 4.90 Å². The average molecular weight is 241 g/mol. The zero-order chi connectivity index (χ0) is 12.6. The molecule has 0 aliphatic carbocycles. The van der Waals surface area contributed by atoms with E-state index in [0.717, 1.165) is 0 Å². The van der Waals surface area contributed by atoms with Crippen molar-refractivity contribution in [2.24, 2.45) is 0 Å². The Morgan fingerprint density at radius 3 is 2.18 bits per heavy atom. The maximum Gasteiger partial charge on any atom is 0.371 e. The molecule has 2 heterocycles. The van der Waals surface area contributed by atoms with E-state index < -0.39 is 24.1 Å². The number of carboxylic acid groups (broad SMARTS) is 1. The first-order valence-electron chi connectivity index (χ1n) is 4.97. The highest BCUT2D eigenvalue weighted by Gasteiger charge is 2.34. The summed E-state index contributed by atoms with van der Waals surface area (Å²) >= 11 is 0. The van der Waals surface area contributed by atoms with Crippen LogP contribution in [0.3, 0.4) is 0 Å². The molecule has 1 aromatic heterocycles. The fourth-order valence-corrected chi connectivity index (χ4v) is 1.66. The summed E-state index contributed by atoms with van der Waals surface area (Å²) in [5, 5.41) is 27.2. The lowest BCUT2D eigenvalue weighted by Crippen LogP contribution is -2.29. The molecule has 1 aromatic rings. The number of amides is 1. The van der Waals surface area contributed by atoms with Crippen molar-refractivity contribution in [2.75, 3.05) is 13.1 Å². The van der Waals surface area contributed by atoms with E-state index in [1.165, 1.54) is 17.0 Å². The van der Waals surface area contributed by atoms with Crippen LogP contribution in [-0.2, 0) is 0 Å². The summed E-state index contributed by atoms with van der Waals surface area (Å²) in [6.07, 6.45) is -1.96. The van der Waals surface area contributed by atoms with Crippen LogP contribution in [-0.4, -0.2) is 57.4 Å². The number of aliphatic hydroxyl groups excluding tert-OH is 2. The van der Waals surface area contributed by atoms with Crippen LogP contribution >= 0.6 is 0 Å². The average Bonchev–Trinajstić information content (AvgIpc) is 2.86. The highest BCUT2D eigenvalue weighted by atomic mass is 16.4. The molecule has 2 atom stereocenters. The van der Waals surface area contributed by atoms with Gasteiger partial charge in [0.2, 0.25) is 5.76 Å². The molecule has 1 amide bonds. The molecule has 92 valence electrons. The zero-order valence-electron chi connectivity index (χ0n) is 8.74. The third-order valence-electron chi connectivity index (χ3n) is 2.57.